The van der Waals surface area contributed by atoms with Crippen molar-refractivity contribution < 1.29 is 23.1 Å². The van der Waals surface area contributed by atoms with Gasteiger partial charge in [-0.3, -0.25) is 9.69 Å². The lowest BCUT2D eigenvalue weighted by Crippen LogP contribution is -2.54. The van der Waals surface area contributed by atoms with E-state index in [9.17, 15) is 23.1 Å². The molecule has 1 aliphatic rings. The minimum Gasteiger partial charge on any atom is -0.380 e. The summed E-state index contributed by atoms with van der Waals surface area (Å²) in [7, 11) is 0. The molecule has 0 aromatic heterocycles. The first kappa shape index (κ1) is 18.2. The van der Waals surface area contributed by atoms with Gasteiger partial charge < -0.3 is 10.4 Å². The van der Waals surface area contributed by atoms with Crippen LogP contribution in [0.15, 0.2) is 0 Å². The summed E-state index contributed by atoms with van der Waals surface area (Å²) < 4.78 is 37.9. The molecule has 4 nitrogen and oxygen atoms in total. The quantitative estimate of drug-likeness (QED) is 0.708. The van der Waals surface area contributed by atoms with Crippen LogP contribution in [0.2, 0.25) is 0 Å². The Labute approximate surface area is 123 Å². The molecule has 1 saturated heterocycles. The minimum atomic E-state index is -4.60. The lowest BCUT2D eigenvalue weighted by Gasteiger charge is -2.38. The second-order valence-corrected chi connectivity index (χ2v) is 5.72. The van der Waals surface area contributed by atoms with Crippen LogP contribution in [0.25, 0.3) is 0 Å². The van der Waals surface area contributed by atoms with Crippen molar-refractivity contribution in [3.05, 3.63) is 0 Å². The number of unbranched alkanes of at least 4 members (excludes halogenated alkanes) is 3. The first-order valence-corrected chi connectivity index (χ1v) is 7.56. The van der Waals surface area contributed by atoms with Crippen molar-refractivity contribution in [1.29, 1.82) is 0 Å². The summed E-state index contributed by atoms with van der Waals surface area (Å²) in [5.41, 5.74) is -2.60. The summed E-state index contributed by atoms with van der Waals surface area (Å²) in [5, 5.41) is 12.3. The van der Waals surface area contributed by atoms with E-state index in [0.717, 1.165) is 25.7 Å². The number of hydrogen-bond acceptors (Lipinski definition) is 3. The van der Waals surface area contributed by atoms with Gasteiger partial charge in [0.15, 0.2) is 5.60 Å². The predicted octanol–water partition coefficient (Wildman–Crippen LogP) is 2.07. The number of amides is 1. The Morgan fingerprint density at radius 2 is 1.86 bits per heavy atom. The van der Waals surface area contributed by atoms with E-state index in [2.05, 4.69) is 12.2 Å². The Balaban J connectivity index is 2.22. The Morgan fingerprint density at radius 3 is 2.38 bits per heavy atom. The number of aliphatic hydroxyl groups is 1. The van der Waals surface area contributed by atoms with E-state index >= 15 is 0 Å². The molecule has 124 valence electrons. The highest BCUT2D eigenvalue weighted by Gasteiger charge is 2.54. The highest BCUT2D eigenvalue weighted by molar-refractivity contribution is 5.77. The molecule has 0 spiro atoms. The molecule has 0 unspecified atom stereocenters. The number of alkyl halides is 3. The molecule has 0 atom stereocenters. The number of hydrogen-bond donors (Lipinski definition) is 2. The van der Waals surface area contributed by atoms with Crippen LogP contribution in [-0.4, -0.2) is 53.9 Å². The van der Waals surface area contributed by atoms with Gasteiger partial charge in [0.05, 0.1) is 6.54 Å². The van der Waals surface area contributed by atoms with Crippen molar-refractivity contribution in [2.45, 2.75) is 57.2 Å². The van der Waals surface area contributed by atoms with Crippen molar-refractivity contribution in [1.82, 2.24) is 10.2 Å². The number of piperidine rings is 1. The van der Waals surface area contributed by atoms with Gasteiger partial charge in [-0.1, -0.05) is 26.2 Å². The summed E-state index contributed by atoms with van der Waals surface area (Å²) in [5.74, 6) is -0.163. The number of halogens is 3. The third-order valence-corrected chi connectivity index (χ3v) is 3.93. The molecule has 0 radical (unpaired) electrons. The standard InChI is InChI=1S/C14H25F3N2O2/c1-2-3-4-5-8-18-12(20)11-19-9-6-13(21,7-10-19)14(15,16)17/h21H,2-11H2,1H3,(H,18,20). The van der Waals surface area contributed by atoms with Crippen LogP contribution in [0, 0.1) is 0 Å². The third kappa shape index (κ3) is 5.82. The Morgan fingerprint density at radius 1 is 1.24 bits per heavy atom. The fourth-order valence-corrected chi connectivity index (χ4v) is 2.40. The largest absolute Gasteiger partial charge is 0.417 e. The first-order chi connectivity index (χ1) is 9.78. The molecule has 7 heteroatoms. The van der Waals surface area contributed by atoms with E-state index in [1.165, 1.54) is 0 Å². The topological polar surface area (TPSA) is 52.6 Å². The van der Waals surface area contributed by atoms with Gasteiger partial charge >= 0.3 is 6.18 Å². The third-order valence-electron chi connectivity index (χ3n) is 3.93. The minimum absolute atomic E-state index is 0.0826. The van der Waals surface area contributed by atoms with E-state index in [1.807, 2.05) is 0 Å². The fourth-order valence-electron chi connectivity index (χ4n) is 2.40. The van der Waals surface area contributed by atoms with Crippen LogP contribution in [0.3, 0.4) is 0 Å². The first-order valence-electron chi connectivity index (χ1n) is 7.56. The molecule has 2 N–H and O–H groups in total. The highest BCUT2D eigenvalue weighted by Crippen LogP contribution is 2.38. The SMILES string of the molecule is CCCCCCNC(=O)CN1CCC(O)(C(F)(F)F)CC1. The average Bonchev–Trinajstić information content (AvgIpc) is 2.40. The lowest BCUT2D eigenvalue weighted by atomic mass is 9.91. The van der Waals surface area contributed by atoms with Crippen LogP contribution >= 0.6 is 0 Å². The van der Waals surface area contributed by atoms with Crippen LogP contribution < -0.4 is 5.32 Å². The molecule has 1 aliphatic heterocycles. The second-order valence-electron chi connectivity index (χ2n) is 5.72. The van der Waals surface area contributed by atoms with E-state index in [4.69, 9.17) is 0 Å². The normalized spacial score (nSPS) is 19.5. The molecule has 21 heavy (non-hydrogen) atoms. The van der Waals surface area contributed by atoms with Gasteiger partial charge in [-0.15, -0.1) is 0 Å². The molecule has 0 saturated carbocycles. The zero-order chi connectivity index (χ0) is 15.9. The summed E-state index contributed by atoms with van der Waals surface area (Å²) in [4.78, 5) is 13.3. The van der Waals surface area contributed by atoms with Gasteiger partial charge in [0.1, 0.15) is 0 Å². The van der Waals surface area contributed by atoms with Crippen LogP contribution in [0.4, 0.5) is 13.2 Å². The van der Waals surface area contributed by atoms with Crippen molar-refractivity contribution >= 4 is 5.91 Å². The van der Waals surface area contributed by atoms with Crippen molar-refractivity contribution in [3.63, 3.8) is 0 Å². The van der Waals surface area contributed by atoms with Crippen LogP contribution in [-0.2, 0) is 4.79 Å². The maximum atomic E-state index is 12.6. The van der Waals surface area contributed by atoms with Crippen molar-refractivity contribution in [3.8, 4) is 0 Å². The molecule has 0 aromatic rings. The number of nitrogens with zero attached hydrogens (tertiary/aromatic N) is 1. The van der Waals surface area contributed by atoms with Gasteiger partial charge in [-0.25, -0.2) is 0 Å². The molecule has 0 aromatic carbocycles. The molecule has 1 amide bonds. The molecular weight excluding hydrogens is 285 g/mol. The maximum Gasteiger partial charge on any atom is 0.417 e. The predicted molar refractivity (Wildman–Crippen MR) is 73.8 cm³/mol. The fraction of sp³-hybridized carbons (Fsp3) is 0.929. The van der Waals surface area contributed by atoms with E-state index in [0.29, 0.717) is 6.54 Å². The van der Waals surface area contributed by atoms with Crippen molar-refractivity contribution in [2.24, 2.45) is 0 Å². The van der Waals surface area contributed by atoms with Gasteiger partial charge in [0.2, 0.25) is 5.91 Å². The highest BCUT2D eigenvalue weighted by atomic mass is 19.4. The number of nitrogens with one attached hydrogen (secondary N) is 1. The number of likely N-dealkylation sites (tertiary alicyclic amines) is 1. The Kier molecular flexibility index (Phi) is 6.93. The maximum absolute atomic E-state index is 12.6. The van der Waals surface area contributed by atoms with Crippen LogP contribution in [0.1, 0.15) is 45.4 Å². The Bertz CT molecular complexity index is 327. The monoisotopic (exact) mass is 310 g/mol. The summed E-state index contributed by atoms with van der Waals surface area (Å²) >= 11 is 0. The smallest absolute Gasteiger partial charge is 0.380 e. The van der Waals surface area contributed by atoms with Crippen molar-refractivity contribution in [2.75, 3.05) is 26.2 Å². The molecule has 0 aliphatic carbocycles. The van der Waals surface area contributed by atoms with Gasteiger partial charge in [-0.2, -0.15) is 13.2 Å². The van der Waals surface area contributed by atoms with Gasteiger partial charge in [0, 0.05) is 19.6 Å². The van der Waals surface area contributed by atoms with E-state index in [-0.39, 0.29) is 38.4 Å². The van der Waals surface area contributed by atoms with Crippen LogP contribution in [0.5, 0.6) is 0 Å². The zero-order valence-electron chi connectivity index (χ0n) is 12.5. The molecular formula is C14H25F3N2O2. The lowest BCUT2D eigenvalue weighted by molar-refractivity contribution is -0.272. The summed E-state index contributed by atoms with van der Waals surface area (Å²) in [6, 6.07) is 0. The molecule has 1 fully saturated rings. The van der Waals surface area contributed by atoms with E-state index in [1.54, 1.807) is 4.90 Å². The summed E-state index contributed by atoms with van der Waals surface area (Å²) in [6.45, 7) is 2.98. The molecule has 1 rings (SSSR count). The Hall–Kier alpha value is -0.820. The zero-order valence-corrected chi connectivity index (χ0v) is 12.5. The van der Waals surface area contributed by atoms with Gasteiger partial charge in [-0.05, 0) is 19.3 Å². The number of rotatable bonds is 7. The number of carbonyl (C=O) groups is 1. The van der Waals surface area contributed by atoms with Gasteiger partial charge in [0.25, 0.3) is 0 Å². The second kappa shape index (κ2) is 7.98. The number of carbonyl (C=O) groups excluding carboxylic acids is 1. The molecule has 1 heterocycles. The average molecular weight is 310 g/mol. The summed E-state index contributed by atoms with van der Waals surface area (Å²) in [6.07, 6.45) is -1.09. The van der Waals surface area contributed by atoms with E-state index < -0.39 is 11.8 Å². The molecule has 0 bridgehead atoms.